The van der Waals surface area contributed by atoms with E-state index < -0.39 is 11.9 Å². The van der Waals surface area contributed by atoms with E-state index in [2.05, 4.69) is 5.32 Å². The number of aryl methyl sites for hydroxylation is 1. The molecule has 1 saturated carbocycles. The highest BCUT2D eigenvalue weighted by molar-refractivity contribution is 6.09. The third-order valence-corrected chi connectivity index (χ3v) is 6.35. The van der Waals surface area contributed by atoms with Gasteiger partial charge in [-0.05, 0) is 68.7 Å². The second-order valence-electron chi connectivity index (χ2n) is 8.91. The van der Waals surface area contributed by atoms with Crippen LogP contribution >= 0.6 is 0 Å². The molecule has 0 aliphatic heterocycles. The van der Waals surface area contributed by atoms with Crippen LogP contribution in [0.5, 0.6) is 0 Å². The summed E-state index contributed by atoms with van der Waals surface area (Å²) in [4.78, 5) is 40.7. The van der Waals surface area contributed by atoms with Gasteiger partial charge >= 0.3 is 0 Å². The fraction of sp³-hybridized carbons (Fsp3) is 0.321. The minimum absolute atomic E-state index is 0.0689. The highest BCUT2D eigenvalue weighted by Gasteiger charge is 2.35. The molecule has 1 unspecified atom stereocenters. The van der Waals surface area contributed by atoms with E-state index in [1.807, 2.05) is 31.2 Å². The maximum absolute atomic E-state index is 13.8. The number of nitrogens with zero attached hydrogens (tertiary/aromatic N) is 1. The van der Waals surface area contributed by atoms with E-state index in [1.54, 1.807) is 36.4 Å². The molecule has 0 bridgehead atoms. The van der Waals surface area contributed by atoms with Crippen LogP contribution in [0.4, 0.5) is 5.69 Å². The lowest BCUT2D eigenvalue weighted by Gasteiger charge is -2.33. The Bertz CT molecular complexity index is 1130. The van der Waals surface area contributed by atoms with E-state index in [1.165, 1.54) is 24.5 Å². The molecule has 0 radical (unpaired) electrons. The van der Waals surface area contributed by atoms with Gasteiger partial charge < -0.3 is 9.73 Å². The number of carbonyl (C=O) groups excluding carboxylic acids is 3. The van der Waals surface area contributed by atoms with Crippen LogP contribution in [0.3, 0.4) is 0 Å². The molecular weight excluding hydrogens is 428 g/mol. The lowest BCUT2D eigenvalue weighted by Crippen LogP contribution is -2.47. The van der Waals surface area contributed by atoms with Crippen LogP contribution < -0.4 is 10.2 Å². The molecule has 0 saturated heterocycles. The normalized spacial score (nSPS) is 14.9. The van der Waals surface area contributed by atoms with Crippen molar-refractivity contribution in [2.24, 2.45) is 0 Å². The van der Waals surface area contributed by atoms with Crippen molar-refractivity contribution in [3.8, 4) is 0 Å². The van der Waals surface area contributed by atoms with E-state index >= 15 is 0 Å². The Morgan fingerprint density at radius 2 is 1.62 bits per heavy atom. The van der Waals surface area contributed by atoms with Gasteiger partial charge in [-0.3, -0.25) is 19.3 Å². The molecule has 1 atom stereocenters. The summed E-state index contributed by atoms with van der Waals surface area (Å²) in [7, 11) is 0. The Morgan fingerprint density at radius 3 is 2.21 bits per heavy atom. The number of benzene rings is 2. The topological polar surface area (TPSA) is 79.6 Å². The lowest BCUT2D eigenvalue weighted by molar-refractivity contribution is -0.123. The van der Waals surface area contributed by atoms with Crippen molar-refractivity contribution in [3.63, 3.8) is 0 Å². The molecule has 1 aromatic heterocycles. The summed E-state index contributed by atoms with van der Waals surface area (Å²) in [5.74, 6) is -0.588. The van der Waals surface area contributed by atoms with Crippen molar-refractivity contribution >= 4 is 23.3 Å². The number of nitrogens with one attached hydrogen (secondary N) is 1. The number of hydrogen-bond donors (Lipinski definition) is 1. The van der Waals surface area contributed by atoms with Crippen molar-refractivity contribution in [3.05, 3.63) is 89.4 Å². The molecular formula is C28H30N2O4. The van der Waals surface area contributed by atoms with Crippen molar-refractivity contribution in [2.45, 2.75) is 58.0 Å². The number of ketones is 1. The maximum Gasteiger partial charge on any atom is 0.294 e. The Kier molecular flexibility index (Phi) is 7.26. The predicted molar refractivity (Wildman–Crippen MR) is 131 cm³/mol. The first-order valence-electron chi connectivity index (χ1n) is 11.8. The molecule has 1 aliphatic carbocycles. The van der Waals surface area contributed by atoms with Crippen LogP contribution in [0.2, 0.25) is 0 Å². The molecule has 1 aliphatic rings. The first-order chi connectivity index (χ1) is 16.4. The minimum atomic E-state index is -0.900. The SMILES string of the molecule is CC(=O)c1ccc(N(C(=O)c2ccco2)C(C(=O)NC2CCCCC2)c2ccc(C)cc2)cc1. The van der Waals surface area contributed by atoms with Crippen LogP contribution in [0.15, 0.2) is 71.3 Å². The zero-order valence-corrected chi connectivity index (χ0v) is 19.6. The van der Waals surface area contributed by atoms with Crippen LogP contribution in [0.25, 0.3) is 0 Å². The number of anilines is 1. The molecule has 0 spiro atoms. The average Bonchev–Trinajstić information content (AvgIpc) is 3.39. The summed E-state index contributed by atoms with van der Waals surface area (Å²) in [5.41, 5.74) is 2.81. The van der Waals surface area contributed by atoms with Crippen LogP contribution in [-0.4, -0.2) is 23.6 Å². The zero-order chi connectivity index (χ0) is 24.1. The molecule has 6 nitrogen and oxygen atoms in total. The Balaban J connectivity index is 1.78. The number of Topliss-reactive ketones (excluding diaryl/α,β-unsaturated/α-hetero) is 1. The van der Waals surface area contributed by atoms with E-state index in [0.29, 0.717) is 16.8 Å². The molecule has 2 amide bonds. The molecule has 176 valence electrons. The molecule has 1 fully saturated rings. The summed E-state index contributed by atoms with van der Waals surface area (Å²) in [6.45, 7) is 3.47. The number of furan rings is 1. The quantitative estimate of drug-likeness (QED) is 0.466. The molecule has 1 N–H and O–H groups in total. The summed E-state index contributed by atoms with van der Waals surface area (Å²) < 4.78 is 5.42. The fourth-order valence-electron chi connectivity index (χ4n) is 4.45. The predicted octanol–water partition coefficient (Wildman–Crippen LogP) is 5.63. The zero-order valence-electron chi connectivity index (χ0n) is 19.6. The Morgan fingerprint density at radius 1 is 0.941 bits per heavy atom. The van der Waals surface area contributed by atoms with Crippen molar-refractivity contribution in [1.29, 1.82) is 0 Å². The number of amides is 2. The fourth-order valence-corrected chi connectivity index (χ4v) is 4.45. The highest BCUT2D eigenvalue weighted by Crippen LogP contribution is 2.31. The molecule has 3 aromatic rings. The van der Waals surface area contributed by atoms with E-state index in [-0.39, 0.29) is 23.5 Å². The van der Waals surface area contributed by atoms with E-state index in [4.69, 9.17) is 4.42 Å². The summed E-state index contributed by atoms with van der Waals surface area (Å²) in [6, 6.07) is 16.8. The summed E-state index contributed by atoms with van der Waals surface area (Å²) >= 11 is 0. The van der Waals surface area contributed by atoms with Gasteiger partial charge in [0.1, 0.15) is 6.04 Å². The van der Waals surface area contributed by atoms with Gasteiger partial charge in [0.2, 0.25) is 5.91 Å². The van der Waals surface area contributed by atoms with Gasteiger partial charge in [-0.15, -0.1) is 0 Å². The summed E-state index contributed by atoms with van der Waals surface area (Å²) in [5, 5.41) is 3.19. The Labute approximate surface area is 200 Å². The number of carbonyl (C=O) groups is 3. The average molecular weight is 459 g/mol. The Hall–Kier alpha value is -3.67. The smallest absolute Gasteiger partial charge is 0.294 e. The largest absolute Gasteiger partial charge is 0.459 e. The van der Waals surface area contributed by atoms with E-state index in [0.717, 1.165) is 31.2 Å². The monoisotopic (exact) mass is 458 g/mol. The van der Waals surface area contributed by atoms with Crippen LogP contribution in [0.1, 0.15) is 77.1 Å². The van der Waals surface area contributed by atoms with Crippen molar-refractivity contribution in [1.82, 2.24) is 5.32 Å². The van der Waals surface area contributed by atoms with Gasteiger partial charge in [0.15, 0.2) is 11.5 Å². The van der Waals surface area contributed by atoms with Gasteiger partial charge in [0.05, 0.1) is 6.26 Å². The molecule has 1 heterocycles. The highest BCUT2D eigenvalue weighted by atomic mass is 16.3. The van der Waals surface area contributed by atoms with Crippen LogP contribution in [0, 0.1) is 6.92 Å². The standard InChI is InChI=1S/C28H30N2O4/c1-19-10-12-22(13-11-19)26(27(32)29-23-7-4-3-5-8-23)30(28(33)25-9-6-18-34-25)24-16-14-21(15-17-24)20(2)31/h6,9-18,23,26H,3-5,7-8H2,1-2H3,(H,29,32). The second kappa shape index (κ2) is 10.5. The molecule has 6 heteroatoms. The number of rotatable bonds is 7. The van der Waals surface area contributed by atoms with Gasteiger partial charge in [0.25, 0.3) is 5.91 Å². The van der Waals surface area contributed by atoms with E-state index in [9.17, 15) is 14.4 Å². The van der Waals surface area contributed by atoms with Gasteiger partial charge in [-0.25, -0.2) is 0 Å². The van der Waals surface area contributed by atoms with Crippen LogP contribution in [-0.2, 0) is 4.79 Å². The first-order valence-corrected chi connectivity index (χ1v) is 11.8. The molecule has 34 heavy (non-hydrogen) atoms. The van der Waals surface area contributed by atoms with Crippen molar-refractivity contribution < 1.29 is 18.8 Å². The maximum atomic E-state index is 13.8. The number of hydrogen-bond acceptors (Lipinski definition) is 4. The molecule has 2 aromatic carbocycles. The third kappa shape index (κ3) is 5.28. The first kappa shape index (κ1) is 23.5. The second-order valence-corrected chi connectivity index (χ2v) is 8.91. The third-order valence-electron chi connectivity index (χ3n) is 6.35. The summed E-state index contributed by atoms with van der Waals surface area (Å²) in [6.07, 6.45) is 6.66. The van der Waals surface area contributed by atoms with Gasteiger partial charge in [0, 0.05) is 17.3 Å². The van der Waals surface area contributed by atoms with Crippen molar-refractivity contribution in [2.75, 3.05) is 4.90 Å². The minimum Gasteiger partial charge on any atom is -0.459 e. The lowest BCUT2D eigenvalue weighted by atomic mass is 9.94. The van der Waals surface area contributed by atoms with Gasteiger partial charge in [-0.2, -0.15) is 0 Å². The molecule has 4 rings (SSSR count). The van der Waals surface area contributed by atoms with Gasteiger partial charge in [-0.1, -0.05) is 49.1 Å².